The molecule has 0 N–H and O–H groups in total. The summed E-state index contributed by atoms with van der Waals surface area (Å²) in [4.78, 5) is 0. The molecule has 3 nitrogen and oxygen atoms in total. The van der Waals surface area contributed by atoms with Gasteiger partial charge in [0.1, 0.15) is 0 Å². The number of benzene rings is 1. The van der Waals surface area contributed by atoms with E-state index in [1.807, 2.05) is 0 Å². The summed E-state index contributed by atoms with van der Waals surface area (Å²) in [5, 5.41) is 6.80. The maximum absolute atomic E-state index is 13.4. The van der Waals surface area contributed by atoms with Crippen molar-refractivity contribution < 1.29 is 8.81 Å². The van der Waals surface area contributed by atoms with Gasteiger partial charge in [0.2, 0.25) is 0 Å². The second-order valence-electron chi connectivity index (χ2n) is 2.46. The maximum atomic E-state index is 13.4. The van der Waals surface area contributed by atoms with Crippen molar-refractivity contribution in [3.63, 3.8) is 0 Å². The van der Waals surface area contributed by atoms with Crippen LogP contribution in [0.5, 0.6) is 0 Å². The van der Waals surface area contributed by atoms with E-state index in [9.17, 15) is 4.39 Å². The van der Waals surface area contributed by atoms with Crippen LogP contribution in [0.2, 0.25) is 10.4 Å². The first-order chi connectivity index (χ1) is 6.68. The zero-order valence-electron chi connectivity index (χ0n) is 6.67. The molecule has 2 aromatic rings. The Balaban J connectivity index is 2.57. The quantitative estimate of drug-likeness (QED) is 0.759. The molecule has 0 radical (unpaired) electrons. The minimum atomic E-state index is -0.602. The van der Waals surface area contributed by atoms with Crippen molar-refractivity contribution in [3.8, 4) is 11.5 Å². The lowest BCUT2D eigenvalue weighted by Gasteiger charge is -1.97. The Morgan fingerprint density at radius 3 is 2.64 bits per heavy atom. The normalized spacial score (nSPS) is 10.5. The number of rotatable bonds is 1. The number of hydrogen-bond donors (Lipinski definition) is 0. The van der Waals surface area contributed by atoms with Crippen LogP contribution in [0.15, 0.2) is 22.6 Å². The fourth-order valence-corrected chi connectivity index (χ4v) is 1.27. The van der Waals surface area contributed by atoms with E-state index in [1.165, 1.54) is 12.1 Å². The zero-order valence-corrected chi connectivity index (χ0v) is 8.18. The lowest BCUT2D eigenvalue weighted by atomic mass is 10.2. The maximum Gasteiger partial charge on any atom is 0.313 e. The third kappa shape index (κ3) is 1.58. The van der Waals surface area contributed by atoms with Gasteiger partial charge in [0, 0.05) is 0 Å². The molecule has 0 aliphatic rings. The molecule has 1 aromatic heterocycles. The average molecular weight is 233 g/mol. The van der Waals surface area contributed by atoms with Crippen molar-refractivity contribution in [1.29, 1.82) is 0 Å². The summed E-state index contributed by atoms with van der Waals surface area (Å²) >= 11 is 11.0. The van der Waals surface area contributed by atoms with Gasteiger partial charge in [-0.25, -0.2) is 4.39 Å². The third-order valence-corrected chi connectivity index (χ3v) is 2.03. The van der Waals surface area contributed by atoms with Crippen molar-refractivity contribution in [1.82, 2.24) is 10.2 Å². The van der Waals surface area contributed by atoms with Crippen LogP contribution in [0.4, 0.5) is 4.39 Å². The molecular formula is C8H3Cl2FN2O. The van der Waals surface area contributed by atoms with Crippen LogP contribution in [-0.4, -0.2) is 10.2 Å². The highest BCUT2D eigenvalue weighted by Crippen LogP contribution is 2.27. The topological polar surface area (TPSA) is 38.9 Å². The monoisotopic (exact) mass is 232 g/mol. The zero-order chi connectivity index (χ0) is 10.1. The highest BCUT2D eigenvalue weighted by molar-refractivity contribution is 6.31. The molecule has 1 aromatic carbocycles. The number of aromatic nitrogens is 2. The summed E-state index contributed by atoms with van der Waals surface area (Å²) in [6.07, 6.45) is 0. The van der Waals surface area contributed by atoms with Gasteiger partial charge < -0.3 is 4.42 Å². The molecule has 0 unspecified atom stereocenters. The Morgan fingerprint density at radius 2 is 2.00 bits per heavy atom. The molecule has 0 saturated heterocycles. The lowest BCUT2D eigenvalue weighted by Crippen LogP contribution is -1.85. The minimum absolute atomic E-state index is 0.00294. The highest BCUT2D eigenvalue weighted by atomic mass is 35.5. The standard InChI is InChI=1S/C8H3Cl2FN2O/c9-5-3-1-2-4(6(5)11)7-12-13-8(10)14-7/h1-3H. The van der Waals surface area contributed by atoms with Crippen LogP contribution in [0.3, 0.4) is 0 Å². The van der Waals surface area contributed by atoms with Crippen molar-refractivity contribution in [2.75, 3.05) is 0 Å². The summed E-state index contributed by atoms with van der Waals surface area (Å²) in [6.45, 7) is 0. The molecule has 1 heterocycles. The molecule has 0 aliphatic carbocycles. The van der Waals surface area contributed by atoms with Crippen LogP contribution in [0, 0.1) is 5.82 Å². The Kier molecular flexibility index (Phi) is 2.39. The van der Waals surface area contributed by atoms with Crippen LogP contribution in [-0.2, 0) is 0 Å². The summed E-state index contributed by atoms with van der Waals surface area (Å²) in [5.74, 6) is -0.593. The molecule has 0 aliphatic heterocycles. The van der Waals surface area contributed by atoms with E-state index in [1.54, 1.807) is 6.07 Å². The fraction of sp³-hybridized carbons (Fsp3) is 0. The predicted octanol–water partition coefficient (Wildman–Crippen LogP) is 3.18. The van der Waals surface area contributed by atoms with Crippen molar-refractivity contribution in [2.45, 2.75) is 0 Å². The molecule has 14 heavy (non-hydrogen) atoms. The first-order valence-corrected chi connectivity index (χ1v) is 4.37. The van der Waals surface area contributed by atoms with E-state index in [4.69, 9.17) is 27.6 Å². The van der Waals surface area contributed by atoms with Gasteiger partial charge >= 0.3 is 5.35 Å². The van der Waals surface area contributed by atoms with Gasteiger partial charge in [-0.3, -0.25) is 0 Å². The molecular weight excluding hydrogens is 230 g/mol. The number of nitrogens with zero attached hydrogens (tertiary/aromatic N) is 2. The Hall–Kier alpha value is -1.13. The largest absolute Gasteiger partial charge is 0.407 e. The first-order valence-electron chi connectivity index (χ1n) is 3.62. The van der Waals surface area contributed by atoms with Crippen molar-refractivity contribution in [2.24, 2.45) is 0 Å². The molecule has 6 heteroatoms. The van der Waals surface area contributed by atoms with E-state index >= 15 is 0 Å². The van der Waals surface area contributed by atoms with E-state index in [2.05, 4.69) is 10.2 Å². The van der Waals surface area contributed by atoms with Gasteiger partial charge in [-0.2, -0.15) is 0 Å². The number of halogens is 3. The Morgan fingerprint density at radius 1 is 1.21 bits per heavy atom. The van der Waals surface area contributed by atoms with Crippen molar-refractivity contribution >= 4 is 23.2 Å². The molecule has 72 valence electrons. The van der Waals surface area contributed by atoms with Crippen LogP contribution in [0.1, 0.15) is 0 Å². The first kappa shape index (κ1) is 9.43. The summed E-state index contributed by atoms with van der Waals surface area (Å²) in [5.41, 5.74) is 0.136. The summed E-state index contributed by atoms with van der Waals surface area (Å²) < 4.78 is 18.2. The van der Waals surface area contributed by atoms with Gasteiger partial charge in [0.25, 0.3) is 5.89 Å². The van der Waals surface area contributed by atoms with Gasteiger partial charge in [0.15, 0.2) is 5.82 Å². The van der Waals surface area contributed by atoms with Crippen LogP contribution < -0.4 is 0 Å². The van der Waals surface area contributed by atoms with Gasteiger partial charge in [-0.1, -0.05) is 22.8 Å². The van der Waals surface area contributed by atoms with Crippen LogP contribution >= 0.6 is 23.2 Å². The SMILES string of the molecule is Fc1c(Cl)cccc1-c1nnc(Cl)o1. The summed E-state index contributed by atoms with van der Waals surface area (Å²) in [7, 11) is 0. The van der Waals surface area contributed by atoms with E-state index in [-0.39, 0.29) is 21.8 Å². The predicted molar refractivity (Wildman–Crippen MR) is 49.7 cm³/mol. The molecule has 0 spiro atoms. The Bertz CT molecular complexity index is 472. The second kappa shape index (κ2) is 3.55. The average Bonchev–Trinajstić information content (AvgIpc) is 2.57. The smallest absolute Gasteiger partial charge is 0.313 e. The van der Waals surface area contributed by atoms with Gasteiger partial charge in [-0.15, -0.1) is 5.10 Å². The third-order valence-electron chi connectivity index (χ3n) is 1.58. The molecule has 0 saturated carbocycles. The lowest BCUT2D eigenvalue weighted by molar-refractivity contribution is 0.560. The molecule has 0 amide bonds. The molecule has 2 rings (SSSR count). The molecule has 0 bridgehead atoms. The van der Waals surface area contributed by atoms with Gasteiger partial charge in [0.05, 0.1) is 10.6 Å². The fourth-order valence-electron chi connectivity index (χ4n) is 0.983. The minimum Gasteiger partial charge on any atom is -0.407 e. The highest BCUT2D eigenvalue weighted by Gasteiger charge is 2.13. The van der Waals surface area contributed by atoms with Crippen LogP contribution in [0.25, 0.3) is 11.5 Å². The second-order valence-corrected chi connectivity index (χ2v) is 3.19. The van der Waals surface area contributed by atoms with E-state index < -0.39 is 5.82 Å². The summed E-state index contributed by atoms with van der Waals surface area (Å²) in [6, 6.07) is 4.49. The van der Waals surface area contributed by atoms with E-state index in [0.29, 0.717) is 0 Å². The van der Waals surface area contributed by atoms with E-state index in [0.717, 1.165) is 0 Å². The van der Waals surface area contributed by atoms with Gasteiger partial charge in [-0.05, 0) is 23.7 Å². The molecule has 0 atom stereocenters. The Labute approximate surface area is 88.5 Å². The molecule has 0 fully saturated rings. The van der Waals surface area contributed by atoms with Crippen molar-refractivity contribution in [3.05, 3.63) is 34.4 Å². The number of hydrogen-bond acceptors (Lipinski definition) is 3.